The van der Waals surface area contributed by atoms with Crippen molar-refractivity contribution in [2.45, 2.75) is 19.8 Å². The van der Waals surface area contributed by atoms with Gasteiger partial charge in [-0.05, 0) is 62.1 Å². The molecular formula is C20H19N3O2. The van der Waals surface area contributed by atoms with Crippen molar-refractivity contribution in [3.05, 3.63) is 66.3 Å². The van der Waals surface area contributed by atoms with Crippen molar-refractivity contribution in [3.8, 4) is 11.5 Å². The molecule has 3 heterocycles. The lowest BCUT2D eigenvalue weighted by atomic mass is 10.1. The lowest BCUT2D eigenvalue weighted by Gasteiger charge is -2.23. The number of aromatic nitrogens is 2. The van der Waals surface area contributed by atoms with Crippen LogP contribution in [-0.2, 0) is 0 Å². The summed E-state index contributed by atoms with van der Waals surface area (Å²) in [7, 11) is 0. The highest BCUT2D eigenvalue weighted by Gasteiger charge is 2.29. The Kier molecular flexibility index (Phi) is 4.06. The predicted molar refractivity (Wildman–Crippen MR) is 95.3 cm³/mol. The summed E-state index contributed by atoms with van der Waals surface area (Å²) in [6.45, 7) is 2.59. The first-order valence-electron chi connectivity index (χ1n) is 8.46. The molecule has 1 aliphatic rings. The quantitative estimate of drug-likeness (QED) is 0.705. The lowest BCUT2D eigenvalue weighted by molar-refractivity contribution is 0.0984. The zero-order chi connectivity index (χ0) is 17.2. The summed E-state index contributed by atoms with van der Waals surface area (Å²) in [5, 5.41) is 0. The molecule has 0 spiro atoms. The third-order valence-corrected chi connectivity index (χ3v) is 4.43. The molecule has 0 bridgehead atoms. The van der Waals surface area contributed by atoms with Crippen LogP contribution in [0, 0.1) is 12.8 Å². The van der Waals surface area contributed by atoms with E-state index in [0.29, 0.717) is 22.9 Å². The van der Waals surface area contributed by atoms with Gasteiger partial charge in [0, 0.05) is 12.7 Å². The average molecular weight is 333 g/mol. The first-order valence-corrected chi connectivity index (χ1v) is 8.46. The third-order valence-electron chi connectivity index (χ3n) is 4.43. The van der Waals surface area contributed by atoms with E-state index < -0.39 is 0 Å². The summed E-state index contributed by atoms with van der Waals surface area (Å²) in [5.41, 5.74) is 2.87. The van der Waals surface area contributed by atoms with Crippen LogP contribution in [0.2, 0.25) is 0 Å². The molecule has 25 heavy (non-hydrogen) atoms. The predicted octanol–water partition coefficient (Wildman–Crippen LogP) is 4.10. The van der Waals surface area contributed by atoms with Gasteiger partial charge in [0.05, 0.1) is 29.4 Å². The first kappa shape index (κ1) is 15.6. The number of nitrogens with zero attached hydrogens (tertiary/aromatic N) is 3. The molecule has 4 rings (SSSR count). The summed E-state index contributed by atoms with van der Waals surface area (Å²) in [6, 6.07) is 11.1. The maximum Gasteiger partial charge on any atom is 0.260 e. The van der Waals surface area contributed by atoms with E-state index in [9.17, 15) is 4.79 Å². The third kappa shape index (κ3) is 3.31. The van der Waals surface area contributed by atoms with E-state index in [1.807, 2.05) is 48.2 Å². The van der Waals surface area contributed by atoms with Crippen LogP contribution >= 0.6 is 0 Å². The van der Waals surface area contributed by atoms with Gasteiger partial charge in [-0.2, -0.15) is 0 Å². The number of carbonyl (C=O) groups excluding carboxylic acids is 1. The highest BCUT2D eigenvalue weighted by Crippen LogP contribution is 2.32. The molecule has 3 aromatic rings. The molecule has 1 amide bonds. The van der Waals surface area contributed by atoms with Gasteiger partial charge >= 0.3 is 0 Å². The number of hydrogen-bond donors (Lipinski definition) is 0. The molecule has 0 unspecified atom stereocenters. The normalized spacial score (nSPS) is 13.6. The Labute approximate surface area is 146 Å². The minimum atomic E-state index is -0.0316. The van der Waals surface area contributed by atoms with E-state index in [0.717, 1.165) is 17.9 Å². The Bertz CT molecular complexity index is 871. The number of anilines is 1. The monoisotopic (exact) mass is 333 g/mol. The lowest BCUT2D eigenvalue weighted by Crippen LogP contribution is -2.33. The molecule has 0 aliphatic heterocycles. The molecule has 0 aromatic carbocycles. The summed E-state index contributed by atoms with van der Waals surface area (Å²) >= 11 is 0. The fourth-order valence-corrected chi connectivity index (χ4v) is 2.87. The van der Waals surface area contributed by atoms with Gasteiger partial charge in [-0.3, -0.25) is 9.78 Å². The molecule has 0 N–H and O–H groups in total. The molecule has 3 aromatic heterocycles. The Morgan fingerprint density at radius 2 is 2.12 bits per heavy atom. The van der Waals surface area contributed by atoms with Crippen LogP contribution in [0.3, 0.4) is 0 Å². The first-order chi connectivity index (χ1) is 12.2. The number of carbonyl (C=O) groups is 1. The standard InChI is InChI=1S/C20H19N3O2/c1-14-17(8-9-18(22-14)19-5-3-11-25-19)20(24)23(13-15-6-7-15)16-4-2-10-21-12-16/h2-5,8-12,15H,6-7,13H2,1H3. The molecule has 5 nitrogen and oxygen atoms in total. The van der Waals surface area contributed by atoms with Gasteiger partial charge in [-0.25, -0.2) is 4.98 Å². The van der Waals surface area contributed by atoms with E-state index in [2.05, 4.69) is 9.97 Å². The number of hydrogen-bond acceptors (Lipinski definition) is 4. The van der Waals surface area contributed by atoms with Crippen molar-refractivity contribution in [1.82, 2.24) is 9.97 Å². The Balaban J connectivity index is 1.65. The van der Waals surface area contributed by atoms with Gasteiger partial charge in [0.1, 0.15) is 5.69 Å². The van der Waals surface area contributed by atoms with Gasteiger partial charge in [0.2, 0.25) is 0 Å². The number of pyridine rings is 2. The average Bonchev–Trinajstić information content (AvgIpc) is 3.29. The van der Waals surface area contributed by atoms with Crippen molar-refractivity contribution in [2.75, 3.05) is 11.4 Å². The van der Waals surface area contributed by atoms with Crippen molar-refractivity contribution < 1.29 is 9.21 Å². The molecule has 126 valence electrons. The topological polar surface area (TPSA) is 59.2 Å². The molecule has 5 heteroatoms. The van der Waals surface area contributed by atoms with Gasteiger partial charge in [-0.1, -0.05) is 0 Å². The van der Waals surface area contributed by atoms with E-state index in [1.165, 1.54) is 12.8 Å². The van der Waals surface area contributed by atoms with Crippen molar-refractivity contribution >= 4 is 11.6 Å². The van der Waals surface area contributed by atoms with Crippen LogP contribution in [0.15, 0.2) is 59.5 Å². The fraction of sp³-hybridized carbons (Fsp3) is 0.250. The number of aryl methyl sites for hydroxylation is 1. The highest BCUT2D eigenvalue weighted by atomic mass is 16.3. The zero-order valence-electron chi connectivity index (χ0n) is 14.1. The van der Waals surface area contributed by atoms with Crippen LogP contribution < -0.4 is 4.90 Å². The van der Waals surface area contributed by atoms with Crippen LogP contribution in [-0.4, -0.2) is 22.4 Å². The summed E-state index contributed by atoms with van der Waals surface area (Å²) < 4.78 is 5.39. The van der Waals surface area contributed by atoms with Crippen molar-refractivity contribution in [3.63, 3.8) is 0 Å². The molecule has 1 fully saturated rings. The maximum atomic E-state index is 13.2. The van der Waals surface area contributed by atoms with E-state index in [4.69, 9.17) is 4.42 Å². The summed E-state index contributed by atoms with van der Waals surface area (Å²) in [5.74, 6) is 1.25. The van der Waals surface area contributed by atoms with E-state index in [-0.39, 0.29) is 5.91 Å². The second-order valence-electron chi connectivity index (χ2n) is 6.38. The minimum Gasteiger partial charge on any atom is -0.463 e. The second-order valence-corrected chi connectivity index (χ2v) is 6.38. The SMILES string of the molecule is Cc1nc(-c2ccco2)ccc1C(=O)N(CC1CC1)c1cccnc1. The molecule has 0 saturated heterocycles. The molecule has 1 saturated carbocycles. The smallest absolute Gasteiger partial charge is 0.260 e. The van der Waals surface area contributed by atoms with Gasteiger partial charge in [-0.15, -0.1) is 0 Å². The Hall–Kier alpha value is -2.95. The molecule has 0 radical (unpaired) electrons. The summed E-state index contributed by atoms with van der Waals surface area (Å²) in [6.07, 6.45) is 7.43. The van der Waals surface area contributed by atoms with Crippen LogP contribution in [0.25, 0.3) is 11.5 Å². The fourth-order valence-electron chi connectivity index (χ4n) is 2.87. The molecule has 1 aliphatic carbocycles. The van der Waals surface area contributed by atoms with Gasteiger partial charge in [0.25, 0.3) is 5.91 Å². The number of furan rings is 1. The number of amides is 1. The zero-order valence-corrected chi connectivity index (χ0v) is 14.1. The van der Waals surface area contributed by atoms with E-state index in [1.54, 1.807) is 18.7 Å². The van der Waals surface area contributed by atoms with Crippen molar-refractivity contribution in [1.29, 1.82) is 0 Å². The van der Waals surface area contributed by atoms with Crippen LogP contribution in [0.5, 0.6) is 0 Å². The molecular weight excluding hydrogens is 314 g/mol. The van der Waals surface area contributed by atoms with E-state index >= 15 is 0 Å². The van der Waals surface area contributed by atoms with Crippen LogP contribution in [0.1, 0.15) is 28.9 Å². The maximum absolute atomic E-state index is 13.2. The highest BCUT2D eigenvalue weighted by molar-refractivity contribution is 6.06. The minimum absolute atomic E-state index is 0.0316. The van der Waals surface area contributed by atoms with Crippen molar-refractivity contribution in [2.24, 2.45) is 5.92 Å². The van der Waals surface area contributed by atoms with Gasteiger partial charge in [0.15, 0.2) is 5.76 Å². The second kappa shape index (κ2) is 6.51. The van der Waals surface area contributed by atoms with Crippen LogP contribution in [0.4, 0.5) is 5.69 Å². The number of rotatable bonds is 5. The summed E-state index contributed by atoms with van der Waals surface area (Å²) in [4.78, 5) is 23.7. The Morgan fingerprint density at radius 3 is 2.76 bits per heavy atom. The Morgan fingerprint density at radius 1 is 1.24 bits per heavy atom. The molecule has 0 atom stereocenters. The largest absolute Gasteiger partial charge is 0.463 e. The van der Waals surface area contributed by atoms with Gasteiger partial charge < -0.3 is 9.32 Å².